The van der Waals surface area contributed by atoms with Gasteiger partial charge in [0, 0.05) is 18.4 Å². The highest BCUT2D eigenvalue weighted by molar-refractivity contribution is 5.00. The lowest BCUT2D eigenvalue weighted by atomic mass is 10.0. The van der Waals surface area contributed by atoms with E-state index in [9.17, 15) is 0 Å². The lowest BCUT2D eigenvalue weighted by Gasteiger charge is -2.19. The van der Waals surface area contributed by atoms with E-state index in [4.69, 9.17) is 4.52 Å². The maximum absolute atomic E-state index is 5.44. The minimum atomic E-state index is 0.417. The van der Waals surface area contributed by atoms with Gasteiger partial charge < -0.3 is 9.84 Å². The lowest BCUT2D eigenvalue weighted by molar-refractivity contribution is 0.326. The number of hydrogen-bond acceptors (Lipinski definition) is 4. The summed E-state index contributed by atoms with van der Waals surface area (Å²) in [6.45, 7) is 9.87. The summed E-state index contributed by atoms with van der Waals surface area (Å²) < 4.78 is 5.44. The quantitative estimate of drug-likeness (QED) is 0.858. The van der Waals surface area contributed by atoms with Crippen molar-refractivity contribution in [3.8, 4) is 0 Å². The molecule has 2 rings (SSSR count). The topological polar surface area (TPSA) is 51.0 Å². The summed E-state index contributed by atoms with van der Waals surface area (Å²) in [6, 6.07) is 0.417. The predicted octanol–water partition coefficient (Wildman–Crippen LogP) is 3.15. The van der Waals surface area contributed by atoms with Crippen LogP contribution in [0.3, 0.4) is 0 Å². The highest BCUT2D eigenvalue weighted by Gasteiger charge is 2.27. The molecule has 1 aromatic rings. The third-order valence-electron chi connectivity index (χ3n) is 4.21. The van der Waals surface area contributed by atoms with Crippen LogP contribution in [0.1, 0.15) is 64.6 Å². The molecule has 0 bridgehead atoms. The fraction of sp³-hybridized carbons (Fsp3) is 0.867. The van der Waals surface area contributed by atoms with E-state index >= 15 is 0 Å². The summed E-state index contributed by atoms with van der Waals surface area (Å²) in [5, 5.41) is 7.68. The van der Waals surface area contributed by atoms with Gasteiger partial charge in [0.15, 0.2) is 5.82 Å². The third kappa shape index (κ3) is 3.78. The van der Waals surface area contributed by atoms with Crippen molar-refractivity contribution in [2.24, 2.45) is 11.8 Å². The fourth-order valence-corrected chi connectivity index (χ4v) is 2.95. The normalized spacial score (nSPS) is 25.1. The highest BCUT2D eigenvalue weighted by Crippen LogP contribution is 2.36. The second kappa shape index (κ2) is 6.51. The van der Waals surface area contributed by atoms with E-state index in [0.717, 1.165) is 30.6 Å². The molecule has 19 heavy (non-hydrogen) atoms. The number of nitrogens with zero attached hydrogens (tertiary/aromatic N) is 2. The number of likely N-dealkylation sites (N-methyl/N-ethyl adjacent to an activating group) is 1. The van der Waals surface area contributed by atoms with Gasteiger partial charge in [0.25, 0.3) is 0 Å². The van der Waals surface area contributed by atoms with Crippen LogP contribution < -0.4 is 5.32 Å². The van der Waals surface area contributed by atoms with Gasteiger partial charge in [-0.15, -0.1) is 0 Å². The van der Waals surface area contributed by atoms with Gasteiger partial charge >= 0.3 is 0 Å². The molecule has 0 aliphatic heterocycles. The molecule has 1 fully saturated rings. The molecule has 1 aliphatic carbocycles. The standard InChI is InChI=1S/C15H27N3O/c1-5-16-13(10(2)3)9-14-17-15(18-19-14)12-7-6-11(4)8-12/h10-13,16H,5-9H2,1-4H3. The largest absolute Gasteiger partial charge is 0.339 e. The maximum Gasteiger partial charge on any atom is 0.228 e. The Balaban J connectivity index is 1.96. The Morgan fingerprint density at radius 3 is 2.74 bits per heavy atom. The SMILES string of the molecule is CCNC(Cc1nc(C2CCC(C)C2)no1)C(C)C. The summed E-state index contributed by atoms with van der Waals surface area (Å²) in [4.78, 5) is 4.61. The van der Waals surface area contributed by atoms with Crippen molar-refractivity contribution < 1.29 is 4.52 Å². The molecule has 1 aromatic heterocycles. The number of rotatable bonds is 6. The first kappa shape index (κ1) is 14.5. The second-order valence-corrected chi connectivity index (χ2v) is 6.27. The first-order valence-electron chi connectivity index (χ1n) is 7.66. The van der Waals surface area contributed by atoms with Gasteiger partial charge in [0.05, 0.1) is 0 Å². The summed E-state index contributed by atoms with van der Waals surface area (Å²) in [6.07, 6.45) is 4.54. The molecule has 0 spiro atoms. The van der Waals surface area contributed by atoms with Crippen LogP contribution >= 0.6 is 0 Å². The van der Waals surface area contributed by atoms with Crippen LogP contribution in [0.5, 0.6) is 0 Å². The Morgan fingerprint density at radius 2 is 2.16 bits per heavy atom. The molecule has 4 heteroatoms. The molecule has 3 unspecified atom stereocenters. The molecule has 0 saturated heterocycles. The molecular formula is C15H27N3O. The smallest absolute Gasteiger partial charge is 0.228 e. The van der Waals surface area contributed by atoms with Crippen molar-refractivity contribution in [3.05, 3.63) is 11.7 Å². The highest BCUT2D eigenvalue weighted by atomic mass is 16.5. The predicted molar refractivity (Wildman–Crippen MR) is 76.1 cm³/mol. The Kier molecular flexibility index (Phi) is 4.97. The van der Waals surface area contributed by atoms with E-state index in [0.29, 0.717) is 17.9 Å². The van der Waals surface area contributed by atoms with E-state index in [1.807, 2.05) is 0 Å². The lowest BCUT2D eigenvalue weighted by Crippen LogP contribution is -2.35. The average molecular weight is 265 g/mol. The Hall–Kier alpha value is -0.900. The summed E-state index contributed by atoms with van der Waals surface area (Å²) >= 11 is 0. The first-order chi connectivity index (χ1) is 9.10. The van der Waals surface area contributed by atoms with Crippen LogP contribution in [0.15, 0.2) is 4.52 Å². The first-order valence-corrected chi connectivity index (χ1v) is 7.66. The average Bonchev–Trinajstić information content (AvgIpc) is 2.97. The second-order valence-electron chi connectivity index (χ2n) is 6.27. The molecule has 1 N–H and O–H groups in total. The van der Waals surface area contributed by atoms with Crippen LogP contribution in [0.4, 0.5) is 0 Å². The van der Waals surface area contributed by atoms with Gasteiger partial charge in [-0.25, -0.2) is 0 Å². The molecule has 4 nitrogen and oxygen atoms in total. The number of hydrogen-bond donors (Lipinski definition) is 1. The maximum atomic E-state index is 5.44. The Morgan fingerprint density at radius 1 is 1.37 bits per heavy atom. The van der Waals surface area contributed by atoms with Gasteiger partial charge in [0.1, 0.15) is 0 Å². The zero-order chi connectivity index (χ0) is 13.8. The molecule has 108 valence electrons. The molecule has 3 atom stereocenters. The van der Waals surface area contributed by atoms with Gasteiger partial charge in [0.2, 0.25) is 5.89 Å². The number of aromatic nitrogens is 2. The minimum Gasteiger partial charge on any atom is -0.339 e. The zero-order valence-corrected chi connectivity index (χ0v) is 12.6. The van der Waals surface area contributed by atoms with Crippen molar-refractivity contribution in [2.45, 2.75) is 65.3 Å². The number of nitrogens with one attached hydrogen (secondary N) is 1. The van der Waals surface area contributed by atoms with E-state index < -0.39 is 0 Å². The summed E-state index contributed by atoms with van der Waals surface area (Å²) in [5.74, 6) is 3.61. The summed E-state index contributed by atoms with van der Waals surface area (Å²) in [5.41, 5.74) is 0. The zero-order valence-electron chi connectivity index (χ0n) is 12.6. The van der Waals surface area contributed by atoms with Crippen molar-refractivity contribution in [3.63, 3.8) is 0 Å². The molecule has 1 aliphatic rings. The Bertz CT molecular complexity index is 388. The third-order valence-corrected chi connectivity index (χ3v) is 4.21. The van der Waals surface area contributed by atoms with Crippen LogP contribution in [-0.2, 0) is 6.42 Å². The molecule has 1 heterocycles. The van der Waals surface area contributed by atoms with Gasteiger partial charge in [-0.1, -0.05) is 32.9 Å². The van der Waals surface area contributed by atoms with E-state index in [-0.39, 0.29) is 0 Å². The van der Waals surface area contributed by atoms with Crippen LogP contribution in [-0.4, -0.2) is 22.7 Å². The van der Waals surface area contributed by atoms with Crippen molar-refractivity contribution in [1.82, 2.24) is 15.5 Å². The minimum absolute atomic E-state index is 0.417. The van der Waals surface area contributed by atoms with Crippen LogP contribution in [0.2, 0.25) is 0 Å². The summed E-state index contributed by atoms with van der Waals surface area (Å²) in [7, 11) is 0. The van der Waals surface area contributed by atoms with E-state index in [1.54, 1.807) is 0 Å². The van der Waals surface area contributed by atoms with Crippen LogP contribution in [0, 0.1) is 11.8 Å². The fourth-order valence-electron chi connectivity index (χ4n) is 2.95. The van der Waals surface area contributed by atoms with Crippen LogP contribution in [0.25, 0.3) is 0 Å². The van der Waals surface area contributed by atoms with Crippen molar-refractivity contribution in [2.75, 3.05) is 6.54 Å². The van der Waals surface area contributed by atoms with Crippen molar-refractivity contribution in [1.29, 1.82) is 0 Å². The van der Waals surface area contributed by atoms with E-state index in [1.165, 1.54) is 19.3 Å². The molecule has 0 aromatic carbocycles. The Labute approximate surface area is 116 Å². The van der Waals surface area contributed by atoms with Gasteiger partial charge in [-0.3, -0.25) is 0 Å². The van der Waals surface area contributed by atoms with E-state index in [2.05, 4.69) is 43.2 Å². The van der Waals surface area contributed by atoms with Gasteiger partial charge in [-0.2, -0.15) is 4.98 Å². The molecule has 0 radical (unpaired) electrons. The van der Waals surface area contributed by atoms with Gasteiger partial charge in [-0.05, 0) is 37.6 Å². The van der Waals surface area contributed by atoms with Crippen molar-refractivity contribution >= 4 is 0 Å². The molecule has 1 saturated carbocycles. The molecular weight excluding hydrogens is 238 g/mol. The monoisotopic (exact) mass is 265 g/mol. The molecule has 0 amide bonds.